The second-order valence-electron chi connectivity index (χ2n) is 2.76. The lowest BCUT2D eigenvalue weighted by Crippen LogP contribution is -2.33. The van der Waals surface area contributed by atoms with Crippen LogP contribution in [0.25, 0.3) is 0 Å². The molecule has 9 heteroatoms. The number of carboxylic acid groups (broad SMARTS) is 2. The van der Waals surface area contributed by atoms with Crippen LogP contribution in [0.3, 0.4) is 0 Å². The molecule has 1 rings (SSSR count). The molecule has 1 aromatic rings. The van der Waals surface area contributed by atoms with Gasteiger partial charge in [0, 0.05) is 0 Å². The van der Waals surface area contributed by atoms with E-state index < -0.39 is 21.0 Å². The van der Waals surface area contributed by atoms with Crippen molar-refractivity contribution < 1.29 is 39.0 Å². The fraction of sp³-hybridized carbons (Fsp3) is 0. The van der Waals surface area contributed by atoms with Crippen LogP contribution in [-0.2, 0) is 0 Å². The first-order chi connectivity index (χ1) is 7.63. The first-order valence-electron chi connectivity index (χ1n) is 4.08. The topological polar surface area (TPSA) is 156 Å². The van der Waals surface area contributed by atoms with Crippen LogP contribution in [-0.4, -0.2) is 50.4 Å². The number of rotatable bonds is 2. The van der Waals surface area contributed by atoms with Crippen molar-refractivity contribution in [1.29, 1.82) is 0 Å². The van der Waals surface area contributed by atoms with E-state index in [1.54, 1.807) is 0 Å². The van der Waals surface area contributed by atoms with Crippen LogP contribution < -0.4 is 0 Å². The molecular weight excluding hydrogens is 252 g/mol. The Balaban J connectivity index is 0.000000437. The Labute approximate surface area is 96.1 Å². The summed E-state index contributed by atoms with van der Waals surface area (Å²) in [6.07, 6.45) is 0. The van der Waals surface area contributed by atoms with E-state index in [9.17, 15) is 9.59 Å². The lowest BCUT2D eigenvalue weighted by molar-refractivity contribution is 0.0651. The normalized spacial score (nSPS) is 10.1. The highest BCUT2D eigenvalue weighted by atomic mass is 28.4. The summed E-state index contributed by atoms with van der Waals surface area (Å²) in [5, 5.41) is 17.1. The molecule has 0 aliphatic carbocycles. The average molecular weight is 262 g/mol. The molecule has 0 atom stereocenters. The molecule has 0 saturated heterocycles. The predicted octanol–water partition coefficient (Wildman–Crippen LogP) is -1.53. The molecule has 0 bridgehead atoms. The Hall–Kier alpha value is -1.78. The minimum atomic E-state index is -4.61. The summed E-state index contributed by atoms with van der Waals surface area (Å²) >= 11 is 0. The van der Waals surface area contributed by atoms with Gasteiger partial charge in [0.1, 0.15) is 0 Å². The van der Waals surface area contributed by atoms with Gasteiger partial charge in [-0.05, 0) is 12.1 Å². The second-order valence-corrected chi connectivity index (χ2v) is 3.96. The Morgan fingerprint density at radius 1 is 0.824 bits per heavy atom. The van der Waals surface area contributed by atoms with Gasteiger partial charge in [-0.3, -0.25) is 0 Å². The molecule has 0 radical (unpaired) electrons. The maximum Gasteiger partial charge on any atom is 0.668 e. The minimum Gasteiger partial charge on any atom is -0.478 e. The van der Waals surface area contributed by atoms with Crippen molar-refractivity contribution >= 4 is 21.0 Å². The number of carboxylic acids is 2. The molecule has 0 aliphatic rings. The Morgan fingerprint density at radius 3 is 1.24 bits per heavy atom. The zero-order chi connectivity index (χ0) is 13.6. The van der Waals surface area contributed by atoms with Crippen molar-refractivity contribution in [1.82, 2.24) is 0 Å². The summed E-state index contributed by atoms with van der Waals surface area (Å²) in [6, 6.07) is 5.48. The number of aromatic carboxylic acids is 2. The van der Waals surface area contributed by atoms with Gasteiger partial charge < -0.3 is 29.4 Å². The van der Waals surface area contributed by atoms with Gasteiger partial charge in [-0.25, -0.2) is 9.59 Å². The van der Waals surface area contributed by atoms with Gasteiger partial charge >= 0.3 is 21.0 Å². The van der Waals surface area contributed by atoms with Crippen molar-refractivity contribution in [2.75, 3.05) is 0 Å². The third kappa shape index (κ3) is 7.16. The van der Waals surface area contributed by atoms with Crippen molar-refractivity contribution in [2.24, 2.45) is 0 Å². The predicted molar refractivity (Wildman–Crippen MR) is 55.0 cm³/mol. The van der Waals surface area contributed by atoms with E-state index >= 15 is 0 Å². The van der Waals surface area contributed by atoms with Crippen LogP contribution in [0.5, 0.6) is 0 Å². The Kier molecular flexibility index (Phi) is 5.44. The van der Waals surface area contributed by atoms with Gasteiger partial charge in [-0.1, -0.05) is 12.1 Å². The van der Waals surface area contributed by atoms with Crippen molar-refractivity contribution in [3.05, 3.63) is 35.4 Å². The zero-order valence-corrected chi connectivity index (χ0v) is 9.31. The van der Waals surface area contributed by atoms with Crippen LogP contribution in [0.2, 0.25) is 0 Å². The molecule has 0 saturated carbocycles. The Bertz CT molecular complexity index is 371. The summed E-state index contributed by atoms with van der Waals surface area (Å²) in [7, 11) is -4.61. The molecule has 8 nitrogen and oxygen atoms in total. The smallest absolute Gasteiger partial charge is 0.478 e. The lowest BCUT2D eigenvalue weighted by Gasteiger charge is -1.98. The summed E-state index contributed by atoms with van der Waals surface area (Å²) < 4.78 is 0. The van der Waals surface area contributed by atoms with Gasteiger partial charge in [0.2, 0.25) is 0 Å². The second kappa shape index (κ2) is 6.08. The highest BCUT2D eigenvalue weighted by Crippen LogP contribution is 2.07. The summed E-state index contributed by atoms with van der Waals surface area (Å²) in [4.78, 5) is 50.2. The highest BCUT2D eigenvalue weighted by Gasteiger charge is 2.22. The molecule has 6 N–H and O–H groups in total. The van der Waals surface area contributed by atoms with E-state index in [2.05, 4.69) is 0 Å². The molecule has 17 heavy (non-hydrogen) atoms. The number of hydrogen-bond acceptors (Lipinski definition) is 6. The molecule has 0 aliphatic heterocycles. The summed E-state index contributed by atoms with van der Waals surface area (Å²) in [5.41, 5.74) is -0.380. The van der Waals surface area contributed by atoms with Gasteiger partial charge in [-0.2, -0.15) is 0 Å². The van der Waals surface area contributed by atoms with Crippen molar-refractivity contribution in [3.8, 4) is 0 Å². The van der Waals surface area contributed by atoms with Gasteiger partial charge in [0.25, 0.3) is 0 Å². The quantitative estimate of drug-likeness (QED) is 0.351. The monoisotopic (exact) mass is 262 g/mol. The Morgan fingerprint density at radius 2 is 1.06 bits per heavy atom. The van der Waals surface area contributed by atoms with Crippen LogP contribution in [0, 0.1) is 0 Å². The van der Waals surface area contributed by atoms with E-state index in [-0.39, 0.29) is 11.1 Å². The number of hydrogen-bond donors (Lipinski definition) is 6. The summed E-state index contributed by atoms with van der Waals surface area (Å²) in [6.45, 7) is 0. The molecule has 0 heterocycles. The molecular formula is C8H10O8Si. The van der Waals surface area contributed by atoms with Crippen LogP contribution in [0.15, 0.2) is 24.3 Å². The molecule has 0 aromatic heterocycles. The van der Waals surface area contributed by atoms with E-state index in [1.165, 1.54) is 24.3 Å². The van der Waals surface area contributed by atoms with Crippen molar-refractivity contribution in [3.63, 3.8) is 0 Å². The van der Waals surface area contributed by atoms with E-state index in [1.807, 2.05) is 0 Å². The maximum absolute atomic E-state index is 10.5. The SMILES string of the molecule is O=C(O)c1ccccc1C(=O)O.O[Si](O)(O)O. The molecule has 0 unspecified atom stereocenters. The van der Waals surface area contributed by atoms with Gasteiger partial charge in [0.15, 0.2) is 0 Å². The lowest BCUT2D eigenvalue weighted by atomic mass is 10.1. The van der Waals surface area contributed by atoms with Crippen molar-refractivity contribution in [2.45, 2.75) is 0 Å². The van der Waals surface area contributed by atoms with E-state index in [4.69, 9.17) is 29.4 Å². The van der Waals surface area contributed by atoms with E-state index in [0.29, 0.717) is 0 Å². The molecule has 1 aromatic carbocycles. The molecule has 0 amide bonds. The van der Waals surface area contributed by atoms with Gasteiger partial charge in [0.05, 0.1) is 11.1 Å². The number of benzene rings is 1. The standard InChI is InChI=1S/C8H6O4.H4O4Si/c9-7(10)5-3-1-2-4-6(5)8(11)12;1-5(2,3)4/h1-4H,(H,9,10)(H,11,12);1-4H. The molecule has 0 fully saturated rings. The minimum absolute atomic E-state index is 0.190. The largest absolute Gasteiger partial charge is 0.668 e. The zero-order valence-electron chi connectivity index (χ0n) is 8.31. The first kappa shape index (κ1) is 15.2. The maximum atomic E-state index is 10.5. The van der Waals surface area contributed by atoms with E-state index in [0.717, 1.165) is 0 Å². The first-order valence-corrected chi connectivity index (χ1v) is 5.87. The average Bonchev–Trinajstić information content (AvgIpc) is 2.15. The third-order valence-electron chi connectivity index (χ3n) is 1.39. The summed E-state index contributed by atoms with van der Waals surface area (Å²) in [5.74, 6) is -2.46. The van der Waals surface area contributed by atoms with Crippen LogP contribution >= 0.6 is 0 Å². The fourth-order valence-corrected chi connectivity index (χ4v) is 0.856. The fourth-order valence-electron chi connectivity index (χ4n) is 0.856. The molecule has 0 spiro atoms. The van der Waals surface area contributed by atoms with Crippen LogP contribution in [0.1, 0.15) is 20.7 Å². The van der Waals surface area contributed by atoms with Gasteiger partial charge in [-0.15, -0.1) is 0 Å². The molecule has 94 valence electrons. The highest BCUT2D eigenvalue weighted by molar-refractivity contribution is 6.46. The number of carbonyl (C=O) groups is 2. The third-order valence-corrected chi connectivity index (χ3v) is 1.39. The van der Waals surface area contributed by atoms with Crippen LogP contribution in [0.4, 0.5) is 0 Å².